The predicted molar refractivity (Wildman–Crippen MR) is 109 cm³/mol. The van der Waals surface area contributed by atoms with Crippen LogP contribution in [-0.2, 0) is 9.53 Å². The number of carbonyl (C=O) groups excluding carboxylic acids is 3. The smallest absolute Gasteiger partial charge is 0.338 e. The molecule has 0 aromatic heterocycles. The van der Waals surface area contributed by atoms with Crippen molar-refractivity contribution >= 4 is 17.8 Å². The summed E-state index contributed by atoms with van der Waals surface area (Å²) in [5.41, 5.74) is 6.22. The van der Waals surface area contributed by atoms with Crippen LogP contribution in [0.4, 0.5) is 0 Å². The molecule has 0 fully saturated rings. The largest absolute Gasteiger partial charge is 0.494 e. The Balaban J connectivity index is 1.71. The third-order valence-corrected chi connectivity index (χ3v) is 4.07. The van der Waals surface area contributed by atoms with Crippen molar-refractivity contribution in [3.05, 3.63) is 65.2 Å². The molecular weight excluding hydrogens is 372 g/mol. The molecule has 2 aromatic rings. The average molecular weight is 398 g/mol. The van der Waals surface area contributed by atoms with Gasteiger partial charge in [-0.15, -0.1) is 0 Å². The first-order chi connectivity index (χ1) is 14.0. The van der Waals surface area contributed by atoms with E-state index in [1.54, 1.807) is 48.5 Å². The van der Waals surface area contributed by atoms with Crippen LogP contribution in [-0.4, -0.2) is 31.0 Å². The minimum Gasteiger partial charge on any atom is -0.494 e. The molecule has 2 N–H and O–H groups in total. The third kappa shape index (κ3) is 7.65. The Labute approximate surface area is 170 Å². The van der Waals surface area contributed by atoms with Gasteiger partial charge in [0, 0.05) is 5.56 Å². The second-order valence-electron chi connectivity index (χ2n) is 6.52. The van der Waals surface area contributed by atoms with Crippen LogP contribution in [0, 0.1) is 6.92 Å². The zero-order valence-electron chi connectivity index (χ0n) is 16.7. The maximum atomic E-state index is 12.0. The summed E-state index contributed by atoms with van der Waals surface area (Å²) < 4.78 is 10.5. The highest BCUT2D eigenvalue weighted by molar-refractivity contribution is 5.96. The monoisotopic (exact) mass is 398 g/mol. The highest BCUT2D eigenvalue weighted by Crippen LogP contribution is 2.13. The van der Waals surface area contributed by atoms with Crippen molar-refractivity contribution in [1.82, 2.24) is 10.9 Å². The Morgan fingerprint density at radius 1 is 0.862 bits per heavy atom. The van der Waals surface area contributed by atoms with Crippen molar-refractivity contribution in [3.63, 3.8) is 0 Å². The number of unbranched alkanes of at least 4 members (excludes halogenated alkanes) is 2. The third-order valence-electron chi connectivity index (χ3n) is 4.07. The molecule has 2 amide bonds. The molecule has 0 atom stereocenters. The fourth-order valence-corrected chi connectivity index (χ4v) is 2.38. The molecule has 0 radical (unpaired) electrons. The molecular formula is C22H26N2O5. The van der Waals surface area contributed by atoms with Crippen LogP contribution in [0.3, 0.4) is 0 Å². The molecule has 0 spiro atoms. The van der Waals surface area contributed by atoms with Gasteiger partial charge in [0.2, 0.25) is 0 Å². The number of hydrogen-bond acceptors (Lipinski definition) is 5. The van der Waals surface area contributed by atoms with E-state index in [2.05, 4.69) is 17.8 Å². The van der Waals surface area contributed by atoms with E-state index in [4.69, 9.17) is 9.47 Å². The number of amides is 2. The molecule has 0 heterocycles. The highest BCUT2D eigenvalue weighted by Gasteiger charge is 2.12. The molecule has 154 valence electrons. The second kappa shape index (κ2) is 11.5. The summed E-state index contributed by atoms with van der Waals surface area (Å²) in [6.07, 6.45) is 3.21. The molecule has 7 nitrogen and oxygen atoms in total. The van der Waals surface area contributed by atoms with Gasteiger partial charge >= 0.3 is 5.97 Å². The van der Waals surface area contributed by atoms with E-state index in [0.29, 0.717) is 23.5 Å². The minimum absolute atomic E-state index is 0.308. The lowest BCUT2D eigenvalue weighted by Gasteiger charge is -2.09. The molecule has 0 bridgehead atoms. The van der Waals surface area contributed by atoms with Gasteiger partial charge in [-0.1, -0.05) is 37.5 Å². The van der Waals surface area contributed by atoms with Gasteiger partial charge in [-0.2, -0.15) is 0 Å². The summed E-state index contributed by atoms with van der Waals surface area (Å²) in [6.45, 7) is 4.15. The van der Waals surface area contributed by atoms with Crippen LogP contribution in [0.1, 0.15) is 52.5 Å². The summed E-state index contributed by atoms with van der Waals surface area (Å²) in [7, 11) is 0. The van der Waals surface area contributed by atoms with Crippen molar-refractivity contribution in [2.45, 2.75) is 33.1 Å². The van der Waals surface area contributed by atoms with E-state index >= 15 is 0 Å². The lowest BCUT2D eigenvalue weighted by atomic mass is 10.1. The number of benzene rings is 2. The Kier molecular flexibility index (Phi) is 8.69. The fraction of sp³-hybridized carbons (Fsp3) is 0.318. The number of rotatable bonds is 9. The van der Waals surface area contributed by atoms with E-state index in [0.717, 1.165) is 24.8 Å². The van der Waals surface area contributed by atoms with Crippen LogP contribution < -0.4 is 15.6 Å². The predicted octanol–water partition coefficient (Wildman–Crippen LogP) is 3.18. The quantitative estimate of drug-likeness (QED) is 0.384. The molecule has 0 aliphatic heterocycles. The van der Waals surface area contributed by atoms with Gasteiger partial charge in [0.05, 0.1) is 12.2 Å². The first kappa shape index (κ1) is 21.9. The number of carbonyl (C=O) groups is 3. The van der Waals surface area contributed by atoms with E-state index in [9.17, 15) is 14.4 Å². The standard InChI is InChI=1S/C22H26N2O5/c1-3-4-5-14-28-19-12-10-18(11-13-19)22(27)29-15-20(25)23-24-21(26)17-8-6-16(2)7-9-17/h6-13H,3-5,14-15H2,1-2H3,(H,23,25)(H,24,26). The van der Waals surface area contributed by atoms with Crippen molar-refractivity contribution in [3.8, 4) is 5.75 Å². The van der Waals surface area contributed by atoms with Crippen LogP contribution in [0.2, 0.25) is 0 Å². The first-order valence-corrected chi connectivity index (χ1v) is 9.55. The van der Waals surface area contributed by atoms with Gasteiger partial charge in [-0.3, -0.25) is 20.4 Å². The van der Waals surface area contributed by atoms with Gasteiger partial charge in [-0.25, -0.2) is 4.79 Å². The number of hydrazine groups is 1. The Morgan fingerprint density at radius 2 is 1.52 bits per heavy atom. The molecule has 0 unspecified atom stereocenters. The summed E-state index contributed by atoms with van der Waals surface area (Å²) in [6, 6.07) is 13.4. The molecule has 29 heavy (non-hydrogen) atoms. The zero-order chi connectivity index (χ0) is 21.1. The van der Waals surface area contributed by atoms with Crippen molar-refractivity contribution in [1.29, 1.82) is 0 Å². The fourth-order valence-electron chi connectivity index (χ4n) is 2.38. The van der Waals surface area contributed by atoms with Gasteiger partial charge in [0.25, 0.3) is 11.8 Å². The van der Waals surface area contributed by atoms with Crippen molar-refractivity contribution in [2.24, 2.45) is 0 Å². The van der Waals surface area contributed by atoms with Gasteiger partial charge in [0.1, 0.15) is 5.75 Å². The topological polar surface area (TPSA) is 93.7 Å². The van der Waals surface area contributed by atoms with E-state index in [-0.39, 0.29) is 0 Å². The Hall–Kier alpha value is -3.35. The van der Waals surface area contributed by atoms with E-state index in [1.807, 2.05) is 6.92 Å². The van der Waals surface area contributed by atoms with Crippen molar-refractivity contribution in [2.75, 3.05) is 13.2 Å². The second-order valence-corrected chi connectivity index (χ2v) is 6.52. The van der Waals surface area contributed by atoms with Crippen LogP contribution in [0.25, 0.3) is 0 Å². The maximum Gasteiger partial charge on any atom is 0.338 e. The number of nitrogens with one attached hydrogen (secondary N) is 2. The molecule has 0 aliphatic rings. The Morgan fingerprint density at radius 3 is 2.17 bits per heavy atom. The molecule has 2 aromatic carbocycles. The van der Waals surface area contributed by atoms with Crippen molar-refractivity contribution < 1.29 is 23.9 Å². The maximum absolute atomic E-state index is 12.0. The normalized spacial score (nSPS) is 10.1. The van der Waals surface area contributed by atoms with Gasteiger partial charge in [0.15, 0.2) is 6.61 Å². The summed E-state index contributed by atoms with van der Waals surface area (Å²) in [5.74, 6) is -1.06. The number of hydrogen-bond donors (Lipinski definition) is 2. The van der Waals surface area contributed by atoms with Crippen LogP contribution >= 0.6 is 0 Å². The molecule has 0 saturated carbocycles. The summed E-state index contributed by atoms with van der Waals surface area (Å²) >= 11 is 0. The molecule has 0 saturated heterocycles. The number of aryl methyl sites for hydroxylation is 1. The zero-order valence-corrected chi connectivity index (χ0v) is 16.7. The number of ether oxygens (including phenoxy) is 2. The number of esters is 1. The lowest BCUT2D eigenvalue weighted by molar-refractivity contribution is -0.125. The summed E-state index contributed by atoms with van der Waals surface area (Å²) in [5, 5.41) is 0. The molecule has 0 aliphatic carbocycles. The average Bonchev–Trinajstić information content (AvgIpc) is 2.74. The van der Waals surface area contributed by atoms with Gasteiger partial charge in [-0.05, 0) is 49.7 Å². The van der Waals surface area contributed by atoms with Gasteiger partial charge < -0.3 is 9.47 Å². The Bertz CT molecular complexity index is 816. The van der Waals surface area contributed by atoms with Crippen LogP contribution in [0.15, 0.2) is 48.5 Å². The highest BCUT2D eigenvalue weighted by atomic mass is 16.5. The van der Waals surface area contributed by atoms with E-state index < -0.39 is 24.4 Å². The first-order valence-electron chi connectivity index (χ1n) is 9.55. The van der Waals surface area contributed by atoms with Crippen LogP contribution in [0.5, 0.6) is 5.75 Å². The SMILES string of the molecule is CCCCCOc1ccc(C(=O)OCC(=O)NNC(=O)c2ccc(C)cc2)cc1. The molecule has 2 rings (SSSR count). The molecule has 7 heteroatoms. The lowest BCUT2D eigenvalue weighted by Crippen LogP contribution is -2.43. The summed E-state index contributed by atoms with van der Waals surface area (Å²) in [4.78, 5) is 35.7. The minimum atomic E-state index is -0.644. The van der Waals surface area contributed by atoms with E-state index in [1.165, 1.54) is 0 Å².